The van der Waals surface area contributed by atoms with Gasteiger partial charge in [0.1, 0.15) is 0 Å². The van der Waals surface area contributed by atoms with E-state index in [9.17, 15) is 0 Å². The van der Waals surface area contributed by atoms with Crippen LogP contribution in [0.1, 0.15) is 60.9 Å². The maximum Gasteiger partial charge on any atom is 0.0299 e. The summed E-state index contributed by atoms with van der Waals surface area (Å²) < 4.78 is 0. The summed E-state index contributed by atoms with van der Waals surface area (Å²) in [5, 5.41) is 3.93. The summed E-state index contributed by atoms with van der Waals surface area (Å²) in [5.74, 6) is 1.98. The van der Waals surface area contributed by atoms with Gasteiger partial charge in [0, 0.05) is 12.1 Å². The Labute approximate surface area is 117 Å². The first kappa shape index (κ1) is 13.2. The van der Waals surface area contributed by atoms with E-state index in [4.69, 9.17) is 0 Å². The molecule has 0 radical (unpaired) electrons. The molecule has 4 atom stereocenters. The van der Waals surface area contributed by atoms with Crippen molar-refractivity contribution in [2.24, 2.45) is 11.8 Å². The molecule has 19 heavy (non-hydrogen) atoms. The van der Waals surface area contributed by atoms with Gasteiger partial charge in [0.2, 0.25) is 0 Å². The quantitative estimate of drug-likeness (QED) is 0.843. The molecule has 1 aromatic rings. The van der Waals surface area contributed by atoms with Gasteiger partial charge in [-0.25, -0.2) is 0 Å². The van der Waals surface area contributed by atoms with Crippen molar-refractivity contribution in [1.82, 2.24) is 5.32 Å². The molecule has 104 valence electrons. The molecule has 0 heterocycles. The van der Waals surface area contributed by atoms with Gasteiger partial charge in [0.25, 0.3) is 0 Å². The molecule has 2 bridgehead atoms. The lowest BCUT2D eigenvalue weighted by molar-refractivity contribution is 0.326. The highest BCUT2D eigenvalue weighted by molar-refractivity contribution is 5.39. The Bertz CT molecular complexity index is 454. The second kappa shape index (κ2) is 4.94. The molecule has 1 N–H and O–H groups in total. The zero-order valence-electron chi connectivity index (χ0n) is 12.8. The van der Waals surface area contributed by atoms with Gasteiger partial charge in [-0.2, -0.15) is 0 Å². The highest BCUT2D eigenvalue weighted by Gasteiger charge is 2.39. The van der Waals surface area contributed by atoms with Crippen LogP contribution in [0.15, 0.2) is 12.1 Å². The molecule has 0 saturated heterocycles. The maximum atomic E-state index is 3.93. The summed E-state index contributed by atoms with van der Waals surface area (Å²) in [7, 11) is 0. The monoisotopic (exact) mass is 257 g/mol. The van der Waals surface area contributed by atoms with Gasteiger partial charge >= 0.3 is 0 Å². The van der Waals surface area contributed by atoms with E-state index < -0.39 is 0 Å². The van der Waals surface area contributed by atoms with E-state index in [1.165, 1.54) is 47.9 Å². The van der Waals surface area contributed by atoms with Gasteiger partial charge < -0.3 is 5.32 Å². The van der Waals surface area contributed by atoms with Crippen LogP contribution in [-0.2, 0) is 0 Å². The average molecular weight is 257 g/mol. The third kappa shape index (κ3) is 2.45. The standard InChI is InChI=1S/C18H27N/c1-11-7-12(2)18(13(3)8-11)14(4)19-17-10-15-5-6-16(17)9-15/h7-8,14-17,19H,5-6,9-10H2,1-4H3. The van der Waals surface area contributed by atoms with Gasteiger partial charge in [0.15, 0.2) is 0 Å². The third-order valence-corrected chi connectivity index (χ3v) is 5.37. The van der Waals surface area contributed by atoms with E-state index in [1.54, 1.807) is 0 Å². The van der Waals surface area contributed by atoms with Crippen LogP contribution in [0, 0.1) is 32.6 Å². The Kier molecular flexibility index (Phi) is 3.42. The summed E-state index contributed by atoms with van der Waals surface area (Å²) >= 11 is 0. The lowest BCUT2D eigenvalue weighted by Crippen LogP contribution is -2.36. The van der Waals surface area contributed by atoms with Crippen molar-refractivity contribution in [3.05, 3.63) is 34.4 Å². The molecular formula is C18H27N. The lowest BCUT2D eigenvalue weighted by Gasteiger charge is -2.28. The van der Waals surface area contributed by atoms with Crippen LogP contribution in [0.2, 0.25) is 0 Å². The summed E-state index contributed by atoms with van der Waals surface area (Å²) in [5.41, 5.74) is 5.79. The van der Waals surface area contributed by atoms with Crippen LogP contribution in [-0.4, -0.2) is 6.04 Å². The molecule has 1 aromatic carbocycles. The summed E-state index contributed by atoms with van der Waals surface area (Å²) in [6.07, 6.45) is 5.84. The third-order valence-electron chi connectivity index (χ3n) is 5.37. The Morgan fingerprint density at radius 2 is 1.74 bits per heavy atom. The molecule has 1 heteroatoms. The normalized spacial score (nSPS) is 30.8. The Morgan fingerprint density at radius 3 is 2.26 bits per heavy atom. The predicted octanol–water partition coefficient (Wildman–Crippen LogP) is 4.45. The Hall–Kier alpha value is -0.820. The summed E-state index contributed by atoms with van der Waals surface area (Å²) in [4.78, 5) is 0. The van der Waals surface area contributed by atoms with E-state index in [1.807, 2.05) is 0 Å². The number of rotatable bonds is 3. The summed E-state index contributed by atoms with van der Waals surface area (Å²) in [6, 6.07) is 5.90. The average Bonchev–Trinajstić information content (AvgIpc) is 2.89. The molecule has 1 nitrogen and oxygen atoms in total. The highest BCUT2D eigenvalue weighted by Crippen LogP contribution is 2.45. The van der Waals surface area contributed by atoms with Crippen molar-refractivity contribution < 1.29 is 0 Å². The largest absolute Gasteiger partial charge is 0.307 e. The number of fused-ring (bicyclic) bond motifs is 2. The molecule has 0 aliphatic heterocycles. The number of nitrogens with one attached hydrogen (secondary N) is 1. The van der Waals surface area contributed by atoms with E-state index in [-0.39, 0.29) is 0 Å². The van der Waals surface area contributed by atoms with Crippen molar-refractivity contribution in [2.75, 3.05) is 0 Å². The van der Waals surface area contributed by atoms with Crippen LogP contribution < -0.4 is 5.32 Å². The zero-order chi connectivity index (χ0) is 13.6. The van der Waals surface area contributed by atoms with Gasteiger partial charge in [-0.05, 0) is 75.5 Å². The molecular weight excluding hydrogens is 230 g/mol. The van der Waals surface area contributed by atoms with E-state index in [2.05, 4.69) is 45.1 Å². The van der Waals surface area contributed by atoms with Gasteiger partial charge in [-0.1, -0.05) is 24.1 Å². The van der Waals surface area contributed by atoms with Crippen LogP contribution in [0.3, 0.4) is 0 Å². The van der Waals surface area contributed by atoms with Crippen molar-refractivity contribution in [2.45, 2.75) is 65.5 Å². The minimum atomic E-state index is 0.491. The van der Waals surface area contributed by atoms with Crippen LogP contribution in [0.4, 0.5) is 0 Å². The van der Waals surface area contributed by atoms with Crippen LogP contribution in [0.5, 0.6) is 0 Å². The van der Waals surface area contributed by atoms with Gasteiger partial charge in [0.05, 0.1) is 0 Å². The molecule has 0 aromatic heterocycles. The minimum Gasteiger partial charge on any atom is -0.307 e. The summed E-state index contributed by atoms with van der Waals surface area (Å²) in [6.45, 7) is 9.05. The smallest absolute Gasteiger partial charge is 0.0299 e. The number of benzene rings is 1. The number of hydrogen-bond donors (Lipinski definition) is 1. The maximum absolute atomic E-state index is 3.93. The fourth-order valence-corrected chi connectivity index (χ4v) is 4.73. The van der Waals surface area contributed by atoms with Gasteiger partial charge in [-0.15, -0.1) is 0 Å². The fourth-order valence-electron chi connectivity index (χ4n) is 4.73. The lowest BCUT2D eigenvalue weighted by atomic mass is 9.91. The Morgan fingerprint density at radius 1 is 1.05 bits per heavy atom. The van der Waals surface area contributed by atoms with E-state index >= 15 is 0 Å². The van der Waals surface area contributed by atoms with Gasteiger partial charge in [-0.3, -0.25) is 0 Å². The molecule has 0 amide bonds. The first-order chi connectivity index (χ1) is 9.04. The van der Waals surface area contributed by atoms with E-state index in [0.29, 0.717) is 6.04 Å². The fraction of sp³-hybridized carbons (Fsp3) is 0.667. The predicted molar refractivity (Wildman–Crippen MR) is 81.4 cm³/mol. The molecule has 0 spiro atoms. The molecule has 4 unspecified atom stereocenters. The molecule has 3 rings (SSSR count). The zero-order valence-corrected chi connectivity index (χ0v) is 12.8. The second-order valence-electron chi connectivity index (χ2n) is 6.98. The number of aryl methyl sites for hydroxylation is 3. The van der Waals surface area contributed by atoms with Crippen molar-refractivity contribution >= 4 is 0 Å². The topological polar surface area (TPSA) is 12.0 Å². The van der Waals surface area contributed by atoms with Crippen LogP contribution in [0.25, 0.3) is 0 Å². The molecule has 2 aliphatic rings. The van der Waals surface area contributed by atoms with Crippen molar-refractivity contribution in [3.8, 4) is 0 Å². The number of hydrogen-bond acceptors (Lipinski definition) is 1. The van der Waals surface area contributed by atoms with Crippen LogP contribution >= 0.6 is 0 Å². The second-order valence-corrected chi connectivity index (χ2v) is 6.98. The van der Waals surface area contributed by atoms with E-state index in [0.717, 1.165) is 17.9 Å². The minimum absolute atomic E-state index is 0.491. The highest BCUT2D eigenvalue weighted by atomic mass is 15.0. The molecule has 2 saturated carbocycles. The first-order valence-corrected chi connectivity index (χ1v) is 7.88. The molecule has 2 aliphatic carbocycles. The molecule has 2 fully saturated rings. The first-order valence-electron chi connectivity index (χ1n) is 7.88. The van der Waals surface area contributed by atoms with Crippen molar-refractivity contribution in [1.29, 1.82) is 0 Å². The van der Waals surface area contributed by atoms with Crippen molar-refractivity contribution in [3.63, 3.8) is 0 Å². The Balaban J connectivity index is 1.75. The SMILES string of the molecule is Cc1cc(C)c(C(C)NC2CC3CCC2C3)c(C)c1.